The molecule has 0 aliphatic heterocycles. The lowest BCUT2D eigenvalue weighted by Crippen LogP contribution is -2.35. The maximum absolute atomic E-state index is 3.51. The number of rotatable bonds is 4. The van der Waals surface area contributed by atoms with Crippen molar-refractivity contribution in [1.29, 1.82) is 0 Å². The quantitative estimate of drug-likeness (QED) is 0.859. The molecule has 0 aliphatic carbocycles. The van der Waals surface area contributed by atoms with Gasteiger partial charge in [0.2, 0.25) is 0 Å². The van der Waals surface area contributed by atoms with Gasteiger partial charge in [0.25, 0.3) is 0 Å². The third-order valence-corrected chi connectivity index (χ3v) is 2.97. The van der Waals surface area contributed by atoms with Crippen molar-refractivity contribution in [3.05, 3.63) is 29.3 Å². The van der Waals surface area contributed by atoms with Gasteiger partial charge in [-0.25, -0.2) is 0 Å². The van der Waals surface area contributed by atoms with E-state index in [9.17, 15) is 0 Å². The number of hydrogen-bond donors (Lipinski definition) is 1. The molecule has 0 aliphatic rings. The molecule has 1 aromatic carbocycles. The maximum atomic E-state index is 3.51. The minimum Gasteiger partial charge on any atom is -0.375 e. The average molecular weight is 234 g/mol. The van der Waals surface area contributed by atoms with Gasteiger partial charge in [0, 0.05) is 31.4 Å². The van der Waals surface area contributed by atoms with Crippen molar-refractivity contribution in [3.63, 3.8) is 0 Å². The first kappa shape index (κ1) is 14.0. The van der Waals surface area contributed by atoms with Crippen molar-refractivity contribution in [2.45, 2.75) is 46.7 Å². The van der Waals surface area contributed by atoms with Crippen LogP contribution in [-0.4, -0.2) is 19.1 Å². The minimum absolute atomic E-state index is 0.173. The van der Waals surface area contributed by atoms with Crippen LogP contribution in [0.5, 0.6) is 0 Å². The van der Waals surface area contributed by atoms with E-state index < -0.39 is 0 Å². The summed E-state index contributed by atoms with van der Waals surface area (Å²) in [4.78, 5) is 2.27. The highest BCUT2D eigenvalue weighted by Crippen LogP contribution is 2.20. The van der Waals surface area contributed by atoms with Gasteiger partial charge in [-0.05, 0) is 51.8 Å². The molecule has 0 heterocycles. The van der Waals surface area contributed by atoms with Gasteiger partial charge in [0.05, 0.1) is 0 Å². The molecule has 0 unspecified atom stereocenters. The van der Waals surface area contributed by atoms with E-state index in [1.165, 1.54) is 16.8 Å². The van der Waals surface area contributed by atoms with Crippen LogP contribution in [0.2, 0.25) is 0 Å². The van der Waals surface area contributed by atoms with E-state index in [1.807, 2.05) is 0 Å². The molecule has 0 aromatic heterocycles. The lowest BCUT2D eigenvalue weighted by atomic mass is 10.1. The van der Waals surface area contributed by atoms with Crippen LogP contribution in [0, 0.1) is 6.92 Å². The molecule has 96 valence electrons. The molecular weight excluding hydrogens is 208 g/mol. The molecule has 0 bridgehead atoms. The largest absolute Gasteiger partial charge is 0.375 e. The van der Waals surface area contributed by atoms with E-state index in [2.05, 4.69) is 70.1 Å². The molecule has 1 rings (SSSR count). The predicted molar refractivity (Wildman–Crippen MR) is 76.7 cm³/mol. The Morgan fingerprint density at radius 2 is 1.88 bits per heavy atom. The Kier molecular flexibility index (Phi) is 4.58. The number of benzene rings is 1. The lowest BCUT2D eigenvalue weighted by molar-refractivity contribution is 0.424. The van der Waals surface area contributed by atoms with Crippen LogP contribution in [0.15, 0.2) is 18.2 Å². The first-order chi connectivity index (χ1) is 7.83. The van der Waals surface area contributed by atoms with Crippen molar-refractivity contribution in [2.75, 3.05) is 18.5 Å². The topological polar surface area (TPSA) is 15.3 Å². The van der Waals surface area contributed by atoms with Crippen molar-refractivity contribution >= 4 is 5.69 Å². The Balaban J connectivity index is 2.75. The molecule has 0 saturated carbocycles. The van der Waals surface area contributed by atoms with Gasteiger partial charge >= 0.3 is 0 Å². The van der Waals surface area contributed by atoms with Crippen LogP contribution in [0.1, 0.15) is 38.8 Å². The molecule has 0 fully saturated rings. The molecule has 2 nitrogen and oxygen atoms in total. The molecule has 0 radical (unpaired) electrons. The maximum Gasteiger partial charge on any atom is 0.0393 e. The second-order valence-corrected chi connectivity index (χ2v) is 5.74. The van der Waals surface area contributed by atoms with Gasteiger partial charge in [0.15, 0.2) is 0 Å². The summed E-state index contributed by atoms with van der Waals surface area (Å²) >= 11 is 0. The number of nitrogens with zero attached hydrogens (tertiary/aromatic N) is 1. The van der Waals surface area contributed by atoms with Gasteiger partial charge in [-0.3, -0.25) is 0 Å². The zero-order valence-electron chi connectivity index (χ0n) is 12.1. The summed E-state index contributed by atoms with van der Waals surface area (Å²) in [6, 6.07) is 6.71. The summed E-state index contributed by atoms with van der Waals surface area (Å²) in [5, 5.41) is 3.51. The Labute approximate surface area is 106 Å². The monoisotopic (exact) mass is 234 g/mol. The van der Waals surface area contributed by atoms with Crippen molar-refractivity contribution in [2.24, 2.45) is 0 Å². The summed E-state index contributed by atoms with van der Waals surface area (Å²) in [5.74, 6) is 0. The van der Waals surface area contributed by atoms with E-state index in [-0.39, 0.29) is 5.54 Å². The van der Waals surface area contributed by atoms with Crippen LogP contribution >= 0.6 is 0 Å². The fraction of sp³-hybridized carbons (Fsp3) is 0.600. The first-order valence-corrected chi connectivity index (χ1v) is 6.39. The predicted octanol–water partition coefficient (Wildman–Crippen LogP) is 3.34. The number of anilines is 1. The summed E-state index contributed by atoms with van der Waals surface area (Å²) < 4.78 is 0. The summed E-state index contributed by atoms with van der Waals surface area (Å²) in [7, 11) is 2.13. The van der Waals surface area contributed by atoms with Crippen LogP contribution in [0.4, 0.5) is 5.69 Å². The standard InChI is InChI=1S/C15H26N2/c1-7-17(6)14-9-8-13(10-12(14)2)11-16-15(3,4)5/h8-10,16H,7,11H2,1-6H3. The van der Waals surface area contributed by atoms with Crippen LogP contribution in [-0.2, 0) is 6.54 Å². The second kappa shape index (κ2) is 5.54. The highest BCUT2D eigenvalue weighted by atomic mass is 15.1. The molecule has 17 heavy (non-hydrogen) atoms. The fourth-order valence-electron chi connectivity index (χ4n) is 1.79. The minimum atomic E-state index is 0.173. The van der Waals surface area contributed by atoms with Crippen LogP contribution in [0.25, 0.3) is 0 Å². The van der Waals surface area contributed by atoms with Crippen LogP contribution < -0.4 is 10.2 Å². The number of hydrogen-bond acceptors (Lipinski definition) is 2. The average Bonchev–Trinajstić information content (AvgIpc) is 2.24. The Hall–Kier alpha value is -1.02. The molecule has 0 saturated heterocycles. The van der Waals surface area contributed by atoms with Crippen molar-refractivity contribution in [3.8, 4) is 0 Å². The number of nitrogens with one attached hydrogen (secondary N) is 1. The van der Waals surface area contributed by atoms with E-state index in [0.717, 1.165) is 13.1 Å². The third kappa shape index (κ3) is 4.39. The SMILES string of the molecule is CCN(C)c1ccc(CNC(C)(C)C)cc1C. The molecule has 0 amide bonds. The zero-order chi connectivity index (χ0) is 13.1. The summed E-state index contributed by atoms with van der Waals surface area (Å²) in [5.41, 5.74) is 4.20. The van der Waals surface area contributed by atoms with Gasteiger partial charge in [-0.2, -0.15) is 0 Å². The van der Waals surface area contributed by atoms with Gasteiger partial charge in [-0.1, -0.05) is 12.1 Å². The second-order valence-electron chi connectivity index (χ2n) is 5.74. The molecule has 1 aromatic rings. The summed E-state index contributed by atoms with van der Waals surface area (Å²) in [6.07, 6.45) is 0. The molecule has 0 spiro atoms. The Morgan fingerprint density at radius 3 is 2.35 bits per heavy atom. The smallest absolute Gasteiger partial charge is 0.0393 e. The van der Waals surface area contributed by atoms with Crippen molar-refractivity contribution in [1.82, 2.24) is 5.32 Å². The van der Waals surface area contributed by atoms with E-state index in [1.54, 1.807) is 0 Å². The zero-order valence-corrected chi connectivity index (χ0v) is 12.1. The molecule has 1 N–H and O–H groups in total. The highest BCUT2D eigenvalue weighted by molar-refractivity contribution is 5.53. The first-order valence-electron chi connectivity index (χ1n) is 6.39. The lowest BCUT2D eigenvalue weighted by Gasteiger charge is -2.22. The van der Waals surface area contributed by atoms with Gasteiger partial charge in [-0.15, -0.1) is 0 Å². The van der Waals surface area contributed by atoms with E-state index >= 15 is 0 Å². The fourth-order valence-corrected chi connectivity index (χ4v) is 1.79. The molecule has 0 atom stereocenters. The van der Waals surface area contributed by atoms with Crippen LogP contribution in [0.3, 0.4) is 0 Å². The van der Waals surface area contributed by atoms with Gasteiger partial charge in [0.1, 0.15) is 0 Å². The van der Waals surface area contributed by atoms with E-state index in [4.69, 9.17) is 0 Å². The summed E-state index contributed by atoms with van der Waals surface area (Å²) in [6.45, 7) is 12.9. The normalized spacial score (nSPS) is 11.6. The van der Waals surface area contributed by atoms with E-state index in [0.29, 0.717) is 0 Å². The highest BCUT2D eigenvalue weighted by Gasteiger charge is 2.09. The Bertz CT molecular complexity index is 364. The number of aryl methyl sites for hydroxylation is 1. The molecule has 2 heteroatoms. The molecular formula is C15H26N2. The third-order valence-electron chi connectivity index (χ3n) is 2.97. The van der Waals surface area contributed by atoms with Gasteiger partial charge < -0.3 is 10.2 Å². The van der Waals surface area contributed by atoms with Crippen molar-refractivity contribution < 1.29 is 0 Å². The Morgan fingerprint density at radius 1 is 1.24 bits per heavy atom.